The number of nitrogens with two attached hydrogens (primary N) is 1. The Labute approximate surface area is 147 Å². The summed E-state index contributed by atoms with van der Waals surface area (Å²) in [5.41, 5.74) is 9.53. The molecule has 0 radical (unpaired) electrons. The summed E-state index contributed by atoms with van der Waals surface area (Å²) in [7, 11) is 0. The van der Waals surface area contributed by atoms with Gasteiger partial charge in [0.1, 0.15) is 0 Å². The Balaban J connectivity index is 1.69. The van der Waals surface area contributed by atoms with Crippen molar-refractivity contribution in [1.29, 1.82) is 0 Å². The SMILES string of the molecule is NCc1ccc(N2CCC(c3ccc(CCC(=O)O)cc3)C2=O)cc1. The average molecular weight is 338 g/mol. The van der Waals surface area contributed by atoms with E-state index in [1.165, 1.54) is 0 Å². The number of carboxylic acid groups (broad SMARTS) is 1. The van der Waals surface area contributed by atoms with Gasteiger partial charge in [-0.3, -0.25) is 9.59 Å². The lowest BCUT2D eigenvalue weighted by atomic mass is 9.96. The van der Waals surface area contributed by atoms with E-state index in [4.69, 9.17) is 10.8 Å². The molecule has 1 heterocycles. The molecule has 2 aromatic rings. The first-order valence-corrected chi connectivity index (χ1v) is 8.49. The van der Waals surface area contributed by atoms with Crippen molar-refractivity contribution in [2.45, 2.75) is 31.7 Å². The molecule has 1 saturated heterocycles. The number of hydrogen-bond acceptors (Lipinski definition) is 3. The molecule has 0 bridgehead atoms. The maximum atomic E-state index is 12.8. The van der Waals surface area contributed by atoms with E-state index in [0.29, 0.717) is 19.5 Å². The number of aryl methyl sites for hydroxylation is 1. The molecule has 3 rings (SSSR count). The van der Waals surface area contributed by atoms with Gasteiger partial charge in [-0.1, -0.05) is 36.4 Å². The first-order valence-electron chi connectivity index (χ1n) is 8.49. The molecule has 3 N–H and O–H groups in total. The van der Waals surface area contributed by atoms with E-state index in [1.54, 1.807) is 0 Å². The van der Waals surface area contributed by atoms with Gasteiger partial charge in [0.25, 0.3) is 0 Å². The Morgan fingerprint density at radius 1 is 1.08 bits per heavy atom. The lowest BCUT2D eigenvalue weighted by Gasteiger charge is -2.17. The Hall–Kier alpha value is -2.66. The number of carboxylic acids is 1. The topological polar surface area (TPSA) is 83.6 Å². The smallest absolute Gasteiger partial charge is 0.303 e. The van der Waals surface area contributed by atoms with E-state index in [1.807, 2.05) is 53.4 Å². The number of anilines is 1. The Bertz CT molecular complexity index is 754. The first kappa shape index (κ1) is 17.2. The van der Waals surface area contributed by atoms with Gasteiger partial charge in [-0.05, 0) is 41.7 Å². The quantitative estimate of drug-likeness (QED) is 0.848. The molecule has 1 aliphatic rings. The van der Waals surface area contributed by atoms with Crippen molar-refractivity contribution in [3.05, 3.63) is 65.2 Å². The lowest BCUT2D eigenvalue weighted by molar-refractivity contribution is -0.137. The van der Waals surface area contributed by atoms with E-state index in [9.17, 15) is 9.59 Å². The van der Waals surface area contributed by atoms with E-state index in [0.717, 1.165) is 28.8 Å². The van der Waals surface area contributed by atoms with E-state index >= 15 is 0 Å². The normalized spacial score (nSPS) is 17.1. The minimum atomic E-state index is -0.800. The minimum Gasteiger partial charge on any atom is -0.481 e. The average Bonchev–Trinajstić information content (AvgIpc) is 3.02. The fourth-order valence-electron chi connectivity index (χ4n) is 3.23. The highest BCUT2D eigenvalue weighted by Crippen LogP contribution is 2.32. The number of aliphatic carboxylic acids is 1. The van der Waals surface area contributed by atoms with Crippen LogP contribution in [0.3, 0.4) is 0 Å². The monoisotopic (exact) mass is 338 g/mol. The molecule has 5 heteroatoms. The highest BCUT2D eigenvalue weighted by Gasteiger charge is 2.33. The van der Waals surface area contributed by atoms with Crippen LogP contribution in [0.2, 0.25) is 0 Å². The molecule has 1 atom stereocenters. The number of carbonyl (C=O) groups is 2. The van der Waals surface area contributed by atoms with Gasteiger partial charge in [0.2, 0.25) is 5.91 Å². The van der Waals surface area contributed by atoms with Crippen LogP contribution in [-0.4, -0.2) is 23.5 Å². The molecule has 0 aliphatic carbocycles. The van der Waals surface area contributed by atoms with Crippen molar-refractivity contribution in [2.24, 2.45) is 5.73 Å². The molecule has 2 aromatic carbocycles. The molecule has 1 unspecified atom stereocenters. The number of hydrogen-bond donors (Lipinski definition) is 2. The summed E-state index contributed by atoms with van der Waals surface area (Å²) in [6.45, 7) is 1.19. The number of rotatable bonds is 6. The van der Waals surface area contributed by atoms with Crippen molar-refractivity contribution < 1.29 is 14.7 Å². The van der Waals surface area contributed by atoms with Crippen LogP contribution < -0.4 is 10.6 Å². The third-order valence-electron chi connectivity index (χ3n) is 4.70. The fourth-order valence-corrected chi connectivity index (χ4v) is 3.23. The van der Waals surface area contributed by atoms with Gasteiger partial charge in [0.05, 0.1) is 5.92 Å². The van der Waals surface area contributed by atoms with Crippen LogP contribution >= 0.6 is 0 Å². The molecular weight excluding hydrogens is 316 g/mol. The predicted octanol–water partition coefficient (Wildman–Crippen LogP) is 2.68. The van der Waals surface area contributed by atoms with Gasteiger partial charge < -0.3 is 15.7 Å². The molecule has 0 spiro atoms. The lowest BCUT2D eigenvalue weighted by Crippen LogP contribution is -2.26. The number of benzene rings is 2. The molecule has 0 aromatic heterocycles. The largest absolute Gasteiger partial charge is 0.481 e. The van der Waals surface area contributed by atoms with Gasteiger partial charge in [0.15, 0.2) is 0 Å². The summed E-state index contributed by atoms with van der Waals surface area (Å²) >= 11 is 0. The third kappa shape index (κ3) is 3.88. The molecule has 1 fully saturated rings. The van der Waals surface area contributed by atoms with Gasteiger partial charge in [-0.15, -0.1) is 0 Å². The van der Waals surface area contributed by atoms with Crippen molar-refractivity contribution in [2.75, 3.05) is 11.4 Å². The maximum Gasteiger partial charge on any atom is 0.303 e. The predicted molar refractivity (Wildman–Crippen MR) is 96.4 cm³/mol. The van der Waals surface area contributed by atoms with Crippen LogP contribution in [0.4, 0.5) is 5.69 Å². The fraction of sp³-hybridized carbons (Fsp3) is 0.300. The number of nitrogens with zero attached hydrogens (tertiary/aromatic N) is 1. The molecule has 0 saturated carbocycles. The van der Waals surface area contributed by atoms with Crippen LogP contribution in [0.25, 0.3) is 0 Å². The van der Waals surface area contributed by atoms with Crippen molar-refractivity contribution in [3.63, 3.8) is 0 Å². The Kier molecular flexibility index (Phi) is 5.14. The highest BCUT2D eigenvalue weighted by atomic mass is 16.4. The summed E-state index contributed by atoms with van der Waals surface area (Å²) in [4.78, 5) is 25.3. The molecule has 5 nitrogen and oxygen atoms in total. The van der Waals surface area contributed by atoms with E-state index < -0.39 is 5.97 Å². The highest BCUT2D eigenvalue weighted by molar-refractivity contribution is 6.00. The zero-order valence-electron chi connectivity index (χ0n) is 14.0. The summed E-state index contributed by atoms with van der Waals surface area (Å²) in [6.07, 6.45) is 1.41. The second kappa shape index (κ2) is 7.49. The van der Waals surface area contributed by atoms with Crippen LogP contribution in [0.15, 0.2) is 48.5 Å². The summed E-state index contributed by atoms with van der Waals surface area (Å²) in [5.74, 6) is -0.826. The molecule has 130 valence electrons. The zero-order chi connectivity index (χ0) is 17.8. The van der Waals surface area contributed by atoms with Crippen LogP contribution in [-0.2, 0) is 22.6 Å². The number of carbonyl (C=O) groups excluding carboxylic acids is 1. The standard InChI is InChI=1S/C20H22N2O3/c21-13-15-3-8-17(9-4-15)22-12-11-18(20(22)25)16-6-1-14(2-7-16)5-10-19(23)24/h1-4,6-9,18H,5,10-13,21H2,(H,23,24). The second-order valence-corrected chi connectivity index (χ2v) is 6.34. The molecular formula is C20H22N2O3. The maximum absolute atomic E-state index is 12.8. The van der Waals surface area contributed by atoms with Crippen LogP contribution in [0.1, 0.15) is 35.4 Å². The summed E-state index contributed by atoms with van der Waals surface area (Å²) < 4.78 is 0. The van der Waals surface area contributed by atoms with Gasteiger partial charge >= 0.3 is 5.97 Å². The van der Waals surface area contributed by atoms with E-state index in [2.05, 4.69) is 0 Å². The van der Waals surface area contributed by atoms with Crippen molar-refractivity contribution in [3.8, 4) is 0 Å². The first-order chi connectivity index (χ1) is 12.1. The number of amides is 1. The van der Waals surface area contributed by atoms with Gasteiger partial charge in [0, 0.05) is 25.2 Å². The van der Waals surface area contributed by atoms with Gasteiger partial charge in [-0.2, -0.15) is 0 Å². The zero-order valence-corrected chi connectivity index (χ0v) is 14.0. The second-order valence-electron chi connectivity index (χ2n) is 6.34. The Morgan fingerprint density at radius 2 is 1.72 bits per heavy atom. The molecule has 1 aliphatic heterocycles. The third-order valence-corrected chi connectivity index (χ3v) is 4.70. The van der Waals surface area contributed by atoms with Crippen molar-refractivity contribution >= 4 is 17.6 Å². The van der Waals surface area contributed by atoms with E-state index in [-0.39, 0.29) is 18.2 Å². The Morgan fingerprint density at radius 3 is 2.32 bits per heavy atom. The van der Waals surface area contributed by atoms with Crippen LogP contribution in [0, 0.1) is 0 Å². The summed E-state index contributed by atoms with van der Waals surface area (Å²) in [5, 5.41) is 8.75. The molecule has 1 amide bonds. The van der Waals surface area contributed by atoms with Crippen molar-refractivity contribution in [1.82, 2.24) is 0 Å². The summed E-state index contributed by atoms with van der Waals surface area (Å²) in [6, 6.07) is 15.5. The minimum absolute atomic E-state index is 0.110. The van der Waals surface area contributed by atoms with Gasteiger partial charge in [-0.25, -0.2) is 0 Å². The molecule has 25 heavy (non-hydrogen) atoms. The van der Waals surface area contributed by atoms with Crippen LogP contribution in [0.5, 0.6) is 0 Å².